The van der Waals surface area contributed by atoms with Crippen LogP contribution >= 0.6 is 0 Å². The largest absolute Gasteiger partial charge is 0.381 e. The second-order valence-corrected chi connectivity index (χ2v) is 6.91. The van der Waals surface area contributed by atoms with Crippen molar-refractivity contribution in [3.8, 4) is 0 Å². The Labute approximate surface area is 156 Å². The summed E-state index contributed by atoms with van der Waals surface area (Å²) in [7, 11) is 0. The summed E-state index contributed by atoms with van der Waals surface area (Å²) in [5.41, 5.74) is 9.73. The van der Waals surface area contributed by atoms with Crippen LogP contribution in [0.1, 0.15) is 43.4 Å². The van der Waals surface area contributed by atoms with E-state index in [1.54, 1.807) is 0 Å². The van der Waals surface area contributed by atoms with Gasteiger partial charge in [0.25, 0.3) is 0 Å². The van der Waals surface area contributed by atoms with Gasteiger partial charge in [-0.1, -0.05) is 49.4 Å². The molecule has 0 spiro atoms. The molecule has 26 heavy (non-hydrogen) atoms. The maximum atomic E-state index is 6.23. The van der Waals surface area contributed by atoms with E-state index in [2.05, 4.69) is 60.8 Å². The van der Waals surface area contributed by atoms with E-state index in [4.69, 9.17) is 15.5 Å². The highest BCUT2D eigenvalue weighted by Crippen LogP contribution is 2.30. The summed E-state index contributed by atoms with van der Waals surface area (Å²) in [6.07, 6.45) is 4.24. The maximum absolute atomic E-state index is 6.23. The lowest BCUT2D eigenvalue weighted by molar-refractivity contribution is 0.0619. The number of hydrogen-bond donors (Lipinski definition) is 2. The first-order chi connectivity index (χ1) is 12.7. The molecular weight excluding hydrogens is 322 g/mol. The van der Waals surface area contributed by atoms with Gasteiger partial charge in [0.1, 0.15) is 0 Å². The SMILES string of the molecule is CCc1ccc(NC(N)=NC(CC2CCOCC2)c2ccccc2)cc1. The lowest BCUT2D eigenvalue weighted by Gasteiger charge is -2.25. The van der Waals surface area contributed by atoms with Crippen molar-refractivity contribution in [1.82, 2.24) is 0 Å². The van der Waals surface area contributed by atoms with E-state index in [0.29, 0.717) is 11.9 Å². The van der Waals surface area contributed by atoms with E-state index >= 15 is 0 Å². The van der Waals surface area contributed by atoms with Crippen LogP contribution in [0.5, 0.6) is 0 Å². The van der Waals surface area contributed by atoms with Gasteiger partial charge in [-0.15, -0.1) is 0 Å². The molecule has 0 aromatic heterocycles. The van der Waals surface area contributed by atoms with Gasteiger partial charge in [-0.2, -0.15) is 0 Å². The lowest BCUT2D eigenvalue weighted by Crippen LogP contribution is -2.25. The van der Waals surface area contributed by atoms with Crippen molar-refractivity contribution in [3.05, 3.63) is 65.7 Å². The fraction of sp³-hybridized carbons (Fsp3) is 0.409. The average molecular weight is 351 g/mol. The molecule has 4 nitrogen and oxygen atoms in total. The lowest BCUT2D eigenvalue weighted by atomic mass is 9.90. The fourth-order valence-electron chi connectivity index (χ4n) is 3.41. The summed E-state index contributed by atoms with van der Waals surface area (Å²) in [5, 5.41) is 3.23. The number of nitrogens with zero attached hydrogens (tertiary/aromatic N) is 1. The highest BCUT2D eigenvalue weighted by atomic mass is 16.5. The number of nitrogens with one attached hydrogen (secondary N) is 1. The van der Waals surface area contributed by atoms with Gasteiger partial charge in [0.2, 0.25) is 0 Å². The monoisotopic (exact) mass is 351 g/mol. The zero-order valence-corrected chi connectivity index (χ0v) is 15.5. The Bertz CT molecular complexity index is 691. The predicted octanol–water partition coefficient (Wildman–Crippen LogP) is 4.53. The van der Waals surface area contributed by atoms with Crippen LogP contribution in [0.3, 0.4) is 0 Å². The van der Waals surface area contributed by atoms with E-state index in [-0.39, 0.29) is 6.04 Å². The first-order valence-corrected chi connectivity index (χ1v) is 9.56. The molecule has 0 amide bonds. The van der Waals surface area contributed by atoms with Crippen molar-refractivity contribution in [1.29, 1.82) is 0 Å². The molecule has 0 radical (unpaired) electrons. The molecule has 1 aliphatic heterocycles. The molecule has 1 saturated heterocycles. The minimum absolute atomic E-state index is 0.0710. The van der Waals surface area contributed by atoms with Gasteiger partial charge in [0.05, 0.1) is 6.04 Å². The van der Waals surface area contributed by atoms with E-state index in [9.17, 15) is 0 Å². The zero-order chi connectivity index (χ0) is 18.2. The zero-order valence-electron chi connectivity index (χ0n) is 15.5. The molecule has 3 N–H and O–H groups in total. The minimum Gasteiger partial charge on any atom is -0.381 e. The molecule has 2 aromatic carbocycles. The summed E-state index contributed by atoms with van der Waals surface area (Å²) in [6.45, 7) is 3.86. The Morgan fingerprint density at radius 3 is 2.46 bits per heavy atom. The third-order valence-corrected chi connectivity index (χ3v) is 5.01. The Hall–Kier alpha value is -2.33. The second-order valence-electron chi connectivity index (χ2n) is 6.91. The molecular formula is C22H29N3O. The van der Waals surface area contributed by atoms with E-state index in [1.807, 2.05) is 6.07 Å². The molecule has 138 valence electrons. The number of benzene rings is 2. The normalized spacial score (nSPS) is 17.0. The Morgan fingerprint density at radius 1 is 1.12 bits per heavy atom. The van der Waals surface area contributed by atoms with Gasteiger partial charge in [0, 0.05) is 18.9 Å². The summed E-state index contributed by atoms with van der Waals surface area (Å²) < 4.78 is 5.49. The third-order valence-electron chi connectivity index (χ3n) is 5.01. The summed E-state index contributed by atoms with van der Waals surface area (Å²) in [4.78, 5) is 4.82. The smallest absolute Gasteiger partial charge is 0.193 e. The van der Waals surface area contributed by atoms with Gasteiger partial charge >= 0.3 is 0 Å². The molecule has 2 aromatic rings. The van der Waals surface area contributed by atoms with Crippen LogP contribution in [-0.2, 0) is 11.2 Å². The predicted molar refractivity (Wildman–Crippen MR) is 108 cm³/mol. The van der Waals surface area contributed by atoms with Crippen LogP contribution in [-0.4, -0.2) is 19.2 Å². The van der Waals surface area contributed by atoms with Crippen LogP contribution in [0.25, 0.3) is 0 Å². The van der Waals surface area contributed by atoms with E-state index < -0.39 is 0 Å². The molecule has 4 heteroatoms. The number of aliphatic imine (C=N–C) groups is 1. The first-order valence-electron chi connectivity index (χ1n) is 9.56. The van der Waals surface area contributed by atoms with Crippen LogP contribution in [0.15, 0.2) is 59.6 Å². The summed E-state index contributed by atoms with van der Waals surface area (Å²) in [6, 6.07) is 18.8. The Kier molecular flexibility index (Phi) is 6.67. The number of aryl methyl sites for hydroxylation is 1. The number of rotatable bonds is 6. The number of hydrogen-bond acceptors (Lipinski definition) is 2. The van der Waals surface area contributed by atoms with E-state index in [1.165, 1.54) is 11.1 Å². The third kappa shape index (κ3) is 5.33. The van der Waals surface area contributed by atoms with E-state index in [0.717, 1.165) is 44.6 Å². The highest BCUT2D eigenvalue weighted by Gasteiger charge is 2.20. The van der Waals surface area contributed by atoms with Crippen LogP contribution < -0.4 is 11.1 Å². The molecule has 0 aliphatic carbocycles. The van der Waals surface area contributed by atoms with Crippen molar-refractivity contribution in [2.75, 3.05) is 18.5 Å². The molecule has 1 aliphatic rings. The summed E-state index contributed by atoms with van der Waals surface area (Å²) in [5.74, 6) is 1.10. The molecule has 1 heterocycles. The van der Waals surface area contributed by atoms with Crippen molar-refractivity contribution in [3.63, 3.8) is 0 Å². The van der Waals surface area contributed by atoms with Crippen molar-refractivity contribution >= 4 is 11.6 Å². The summed E-state index contributed by atoms with van der Waals surface area (Å²) >= 11 is 0. The molecule has 1 unspecified atom stereocenters. The van der Waals surface area contributed by atoms with Gasteiger partial charge in [0.15, 0.2) is 5.96 Å². The second kappa shape index (κ2) is 9.39. The van der Waals surface area contributed by atoms with Crippen molar-refractivity contribution < 1.29 is 4.74 Å². The first kappa shape index (κ1) is 18.5. The highest BCUT2D eigenvalue weighted by molar-refractivity contribution is 5.92. The number of anilines is 1. The van der Waals surface area contributed by atoms with Crippen molar-refractivity contribution in [2.24, 2.45) is 16.6 Å². The van der Waals surface area contributed by atoms with Gasteiger partial charge in [-0.25, -0.2) is 4.99 Å². The molecule has 1 atom stereocenters. The van der Waals surface area contributed by atoms with Crippen molar-refractivity contribution in [2.45, 2.75) is 38.6 Å². The van der Waals surface area contributed by atoms with Crippen LogP contribution in [0, 0.1) is 5.92 Å². The molecule has 3 rings (SSSR count). The standard InChI is InChI=1S/C22H29N3O/c1-2-17-8-10-20(11-9-17)24-22(23)25-21(19-6-4-3-5-7-19)16-18-12-14-26-15-13-18/h3-11,18,21H,2,12-16H2,1H3,(H3,23,24,25). The Morgan fingerprint density at radius 2 is 1.81 bits per heavy atom. The quantitative estimate of drug-likeness (QED) is 0.593. The average Bonchev–Trinajstić information content (AvgIpc) is 2.69. The van der Waals surface area contributed by atoms with Gasteiger partial charge in [-0.05, 0) is 54.9 Å². The molecule has 0 saturated carbocycles. The maximum Gasteiger partial charge on any atom is 0.193 e. The fourth-order valence-corrected chi connectivity index (χ4v) is 3.41. The number of nitrogens with two attached hydrogens (primary N) is 1. The number of guanidine groups is 1. The topological polar surface area (TPSA) is 59.6 Å². The van der Waals surface area contributed by atoms with Gasteiger partial charge < -0.3 is 15.8 Å². The number of ether oxygens (including phenoxy) is 1. The Balaban J connectivity index is 1.72. The van der Waals surface area contributed by atoms with Gasteiger partial charge in [-0.3, -0.25) is 0 Å². The minimum atomic E-state index is 0.0710. The van der Waals surface area contributed by atoms with Crippen LogP contribution in [0.4, 0.5) is 5.69 Å². The van der Waals surface area contributed by atoms with Crippen LogP contribution in [0.2, 0.25) is 0 Å². The molecule has 1 fully saturated rings. The molecule has 0 bridgehead atoms.